The summed E-state index contributed by atoms with van der Waals surface area (Å²) in [5.74, 6) is 0.289. The minimum Gasteiger partial charge on any atom is -0.368 e. The fourth-order valence-electron chi connectivity index (χ4n) is 4.05. The Morgan fingerprint density at radius 2 is 1.55 bits per heavy atom. The summed E-state index contributed by atoms with van der Waals surface area (Å²) in [6, 6.07) is 14.9. The van der Waals surface area contributed by atoms with Crippen LogP contribution in [0.25, 0.3) is 22.4 Å². The van der Waals surface area contributed by atoms with E-state index >= 15 is 0 Å². The largest absolute Gasteiger partial charge is 0.368 e. The first-order valence-corrected chi connectivity index (χ1v) is 9.81. The number of nitrogens with two attached hydrogens (primary N) is 1. The molecule has 1 saturated carbocycles. The maximum Gasteiger partial charge on any atom is 0.219 e. The second kappa shape index (κ2) is 6.81. The number of aromatic amines is 1. The molecule has 144 valence electrons. The molecule has 1 aromatic carbocycles. The molecule has 1 aliphatic carbocycles. The molecular formula is C23H22N6. The first kappa shape index (κ1) is 17.6. The molecule has 0 unspecified atom stereocenters. The van der Waals surface area contributed by atoms with Crippen molar-refractivity contribution in [3.8, 4) is 22.4 Å². The van der Waals surface area contributed by atoms with Gasteiger partial charge in [0.05, 0.1) is 5.69 Å². The summed E-state index contributed by atoms with van der Waals surface area (Å²) >= 11 is 0. The van der Waals surface area contributed by atoms with E-state index in [1.54, 1.807) is 12.4 Å². The zero-order chi connectivity index (χ0) is 19.8. The van der Waals surface area contributed by atoms with E-state index in [0.29, 0.717) is 0 Å². The van der Waals surface area contributed by atoms with Gasteiger partial charge >= 0.3 is 0 Å². The summed E-state index contributed by atoms with van der Waals surface area (Å²) in [7, 11) is 0. The maximum atomic E-state index is 5.59. The quantitative estimate of drug-likeness (QED) is 0.549. The molecule has 1 aliphatic rings. The zero-order valence-corrected chi connectivity index (χ0v) is 16.3. The number of nitrogens with one attached hydrogen (secondary N) is 1. The van der Waals surface area contributed by atoms with Crippen LogP contribution in [-0.2, 0) is 5.41 Å². The Bertz CT molecular complexity index is 1120. The Labute approximate surface area is 169 Å². The van der Waals surface area contributed by atoms with E-state index in [-0.39, 0.29) is 11.4 Å². The summed E-state index contributed by atoms with van der Waals surface area (Å²) < 4.78 is 0. The number of nitrogens with zero attached hydrogens (tertiary/aromatic N) is 4. The lowest BCUT2D eigenvalue weighted by Crippen LogP contribution is -2.35. The Hall–Kier alpha value is -3.54. The van der Waals surface area contributed by atoms with Gasteiger partial charge in [0.15, 0.2) is 0 Å². The fraction of sp³-hybridized carbons (Fsp3) is 0.217. The molecule has 3 N–H and O–H groups in total. The van der Waals surface area contributed by atoms with Crippen LogP contribution in [-0.4, -0.2) is 25.1 Å². The van der Waals surface area contributed by atoms with Crippen molar-refractivity contribution < 1.29 is 0 Å². The average Bonchev–Trinajstić information content (AvgIpc) is 3.19. The zero-order valence-electron chi connectivity index (χ0n) is 16.3. The van der Waals surface area contributed by atoms with Gasteiger partial charge in [-0.15, -0.1) is 0 Å². The number of anilines is 1. The van der Waals surface area contributed by atoms with Gasteiger partial charge in [-0.3, -0.25) is 10.1 Å². The van der Waals surface area contributed by atoms with E-state index in [4.69, 9.17) is 5.73 Å². The van der Waals surface area contributed by atoms with Gasteiger partial charge < -0.3 is 5.73 Å². The third-order valence-corrected chi connectivity index (χ3v) is 5.95. The summed E-state index contributed by atoms with van der Waals surface area (Å²) in [5.41, 5.74) is 13.1. The van der Waals surface area contributed by atoms with Crippen LogP contribution in [0.4, 0.5) is 5.95 Å². The summed E-state index contributed by atoms with van der Waals surface area (Å²) in [6.45, 7) is 1.99. The molecule has 3 heterocycles. The van der Waals surface area contributed by atoms with Gasteiger partial charge in [0.25, 0.3) is 0 Å². The van der Waals surface area contributed by atoms with Crippen molar-refractivity contribution in [1.29, 1.82) is 0 Å². The molecule has 1 fully saturated rings. The molecule has 4 aromatic rings. The monoisotopic (exact) mass is 382 g/mol. The molecule has 6 nitrogen and oxygen atoms in total. The minimum absolute atomic E-state index is 0.000475. The lowest BCUT2D eigenvalue weighted by atomic mass is 9.62. The van der Waals surface area contributed by atoms with Gasteiger partial charge in [0.1, 0.15) is 0 Å². The number of rotatable bonds is 4. The molecule has 0 saturated heterocycles. The van der Waals surface area contributed by atoms with Gasteiger partial charge in [-0.05, 0) is 49.1 Å². The van der Waals surface area contributed by atoms with Crippen LogP contribution < -0.4 is 5.73 Å². The molecule has 0 amide bonds. The molecule has 0 aliphatic heterocycles. The van der Waals surface area contributed by atoms with Crippen molar-refractivity contribution in [3.63, 3.8) is 0 Å². The van der Waals surface area contributed by atoms with E-state index in [1.165, 1.54) is 17.7 Å². The topological polar surface area (TPSA) is 93.4 Å². The van der Waals surface area contributed by atoms with Crippen LogP contribution in [0.1, 0.15) is 36.2 Å². The van der Waals surface area contributed by atoms with Gasteiger partial charge in [-0.1, -0.05) is 30.7 Å². The van der Waals surface area contributed by atoms with E-state index in [9.17, 15) is 0 Å². The van der Waals surface area contributed by atoms with Crippen molar-refractivity contribution in [3.05, 3.63) is 78.0 Å². The number of benzene rings is 1. The smallest absolute Gasteiger partial charge is 0.219 e. The number of H-pyrrole nitrogens is 1. The first-order valence-electron chi connectivity index (χ1n) is 9.81. The van der Waals surface area contributed by atoms with Gasteiger partial charge in [0.2, 0.25) is 5.95 Å². The molecule has 6 heteroatoms. The lowest BCUT2D eigenvalue weighted by Gasteiger charge is -2.41. The predicted molar refractivity (Wildman–Crippen MR) is 113 cm³/mol. The van der Waals surface area contributed by atoms with Crippen molar-refractivity contribution in [2.45, 2.75) is 31.6 Å². The van der Waals surface area contributed by atoms with Crippen LogP contribution in [0.15, 0.2) is 61.1 Å². The van der Waals surface area contributed by atoms with Crippen molar-refractivity contribution in [2.24, 2.45) is 0 Å². The Morgan fingerprint density at radius 1 is 0.862 bits per heavy atom. The summed E-state index contributed by atoms with van der Waals surface area (Å²) in [4.78, 5) is 12.6. The average molecular weight is 382 g/mol. The molecule has 0 bridgehead atoms. The predicted octanol–water partition coefficient (Wildman–Crippen LogP) is 4.29. The fourth-order valence-corrected chi connectivity index (χ4v) is 4.05. The number of hydrogen-bond donors (Lipinski definition) is 2. The Kier molecular flexibility index (Phi) is 4.12. The molecule has 0 radical (unpaired) electrons. The van der Waals surface area contributed by atoms with E-state index in [0.717, 1.165) is 40.9 Å². The molecule has 29 heavy (non-hydrogen) atoms. The minimum atomic E-state index is -0.000475. The standard InChI is InChI=1S/C23H22N6/c1-15-3-4-17(12-25-15)20-11-21(29-28-20)23(9-2-10-23)19-7-5-16(6-8-19)18-13-26-22(24)27-14-18/h3-8,11-14H,2,9-10H2,1H3,(H,28,29)(H2,24,26,27). The van der Waals surface area contributed by atoms with Crippen LogP contribution >= 0.6 is 0 Å². The van der Waals surface area contributed by atoms with Gasteiger partial charge in [0, 0.05) is 46.5 Å². The second-order valence-corrected chi connectivity index (χ2v) is 7.70. The van der Waals surface area contributed by atoms with E-state index < -0.39 is 0 Å². The molecule has 0 atom stereocenters. The number of nitrogen functional groups attached to an aromatic ring is 1. The highest BCUT2D eigenvalue weighted by Gasteiger charge is 2.41. The van der Waals surface area contributed by atoms with Crippen molar-refractivity contribution in [2.75, 3.05) is 5.73 Å². The highest BCUT2D eigenvalue weighted by atomic mass is 15.1. The number of aryl methyl sites for hydroxylation is 1. The maximum absolute atomic E-state index is 5.59. The van der Waals surface area contributed by atoms with Crippen LogP contribution in [0.2, 0.25) is 0 Å². The van der Waals surface area contributed by atoms with E-state index in [1.807, 2.05) is 19.2 Å². The van der Waals surface area contributed by atoms with Crippen LogP contribution in [0.5, 0.6) is 0 Å². The second-order valence-electron chi connectivity index (χ2n) is 7.70. The molecule has 0 spiro atoms. The van der Waals surface area contributed by atoms with Crippen molar-refractivity contribution >= 4 is 5.95 Å². The molecule has 3 aromatic heterocycles. The molecular weight excluding hydrogens is 360 g/mol. The Balaban J connectivity index is 1.46. The first-order chi connectivity index (χ1) is 14.1. The lowest BCUT2D eigenvalue weighted by molar-refractivity contribution is 0.293. The Morgan fingerprint density at radius 3 is 2.17 bits per heavy atom. The summed E-state index contributed by atoms with van der Waals surface area (Å²) in [6.07, 6.45) is 8.84. The highest BCUT2D eigenvalue weighted by Crippen LogP contribution is 2.49. The normalized spacial score (nSPS) is 15.1. The molecule has 5 rings (SSSR count). The third kappa shape index (κ3) is 3.06. The highest BCUT2D eigenvalue weighted by molar-refractivity contribution is 5.63. The number of pyridine rings is 1. The summed E-state index contributed by atoms with van der Waals surface area (Å²) in [5, 5.41) is 7.87. The van der Waals surface area contributed by atoms with Gasteiger partial charge in [-0.25, -0.2) is 9.97 Å². The number of aromatic nitrogens is 5. The number of hydrogen-bond acceptors (Lipinski definition) is 5. The van der Waals surface area contributed by atoms with Crippen LogP contribution in [0.3, 0.4) is 0 Å². The SMILES string of the molecule is Cc1ccc(-c2cc(C3(c4ccc(-c5cnc(N)nc5)cc4)CCC3)[nH]n2)cn1. The van der Waals surface area contributed by atoms with E-state index in [2.05, 4.69) is 61.5 Å². The third-order valence-electron chi connectivity index (χ3n) is 5.95. The van der Waals surface area contributed by atoms with Gasteiger partial charge in [-0.2, -0.15) is 5.10 Å². The van der Waals surface area contributed by atoms with Crippen molar-refractivity contribution in [1.82, 2.24) is 25.1 Å². The van der Waals surface area contributed by atoms with Crippen LogP contribution in [0, 0.1) is 6.92 Å².